The number of benzene rings is 2. The van der Waals surface area contributed by atoms with Crippen LogP contribution in [0, 0.1) is 0 Å². The molecule has 3 aromatic rings. The highest BCUT2D eigenvalue weighted by Crippen LogP contribution is 2.38. The molecule has 1 N–H and O–H groups in total. The van der Waals surface area contributed by atoms with Gasteiger partial charge in [0, 0.05) is 34.9 Å². The maximum atomic E-state index is 12.7. The van der Waals surface area contributed by atoms with Gasteiger partial charge in [-0.3, -0.25) is 4.79 Å². The van der Waals surface area contributed by atoms with Crippen LogP contribution in [0.3, 0.4) is 0 Å². The van der Waals surface area contributed by atoms with Crippen molar-refractivity contribution in [2.24, 2.45) is 7.05 Å². The Morgan fingerprint density at radius 3 is 2.44 bits per heavy atom. The Bertz CT molecular complexity index is 940. The molecule has 9 heteroatoms. The Hall–Kier alpha value is -2.39. The van der Waals surface area contributed by atoms with Gasteiger partial charge >= 0.3 is 5.51 Å². The van der Waals surface area contributed by atoms with E-state index in [-0.39, 0.29) is 22.2 Å². The van der Waals surface area contributed by atoms with Crippen LogP contribution in [0.5, 0.6) is 0 Å². The number of hydrogen-bond donors (Lipinski definition) is 1. The van der Waals surface area contributed by atoms with Crippen molar-refractivity contribution in [3.05, 3.63) is 66.5 Å². The van der Waals surface area contributed by atoms with Gasteiger partial charge in [0.1, 0.15) is 0 Å². The van der Waals surface area contributed by atoms with Gasteiger partial charge in [0.2, 0.25) is 0 Å². The van der Waals surface area contributed by atoms with E-state index >= 15 is 0 Å². The molecular weight excluding hydrogens is 395 g/mol. The van der Waals surface area contributed by atoms with Gasteiger partial charge in [-0.2, -0.15) is 13.2 Å². The van der Waals surface area contributed by atoms with E-state index in [1.165, 1.54) is 36.0 Å². The summed E-state index contributed by atoms with van der Waals surface area (Å²) in [4.78, 5) is 17.4. The Balaban J connectivity index is 1.71. The Morgan fingerprint density at radius 2 is 1.81 bits per heavy atom. The van der Waals surface area contributed by atoms with Crippen molar-refractivity contribution in [1.29, 1.82) is 0 Å². The number of aryl methyl sites for hydroxylation is 1. The maximum Gasteiger partial charge on any atom is 0.446 e. The first-order chi connectivity index (χ1) is 12.8. The summed E-state index contributed by atoms with van der Waals surface area (Å²) in [5.74, 6) is -0.591. The molecule has 3 rings (SSSR count). The number of imidazole rings is 1. The third-order valence-corrected chi connectivity index (χ3v) is 5.35. The van der Waals surface area contributed by atoms with E-state index in [2.05, 4.69) is 10.3 Å². The molecule has 4 nitrogen and oxygen atoms in total. The highest BCUT2D eigenvalue weighted by Gasteiger charge is 2.31. The lowest BCUT2D eigenvalue weighted by atomic mass is 10.2. The van der Waals surface area contributed by atoms with E-state index in [4.69, 9.17) is 0 Å². The van der Waals surface area contributed by atoms with E-state index in [9.17, 15) is 18.0 Å². The molecule has 0 aliphatic heterocycles. The standard InChI is InChI=1S/C18H14F3N3OS2/c1-24-11-10-22-17(24)26-13-8-6-12(7-9-13)23-16(25)14-4-2-3-5-15(14)27-18(19,20)21/h2-11H,1H3,(H,23,25). The summed E-state index contributed by atoms with van der Waals surface area (Å²) in [6, 6.07) is 12.7. The average molecular weight is 409 g/mol. The molecule has 0 unspecified atom stereocenters. The van der Waals surface area contributed by atoms with Crippen molar-refractivity contribution >= 4 is 35.1 Å². The topological polar surface area (TPSA) is 46.9 Å². The number of nitrogens with one attached hydrogen (secondary N) is 1. The molecule has 0 atom stereocenters. The van der Waals surface area contributed by atoms with Gasteiger partial charge in [0.15, 0.2) is 5.16 Å². The van der Waals surface area contributed by atoms with Crippen LogP contribution < -0.4 is 5.32 Å². The van der Waals surface area contributed by atoms with Gasteiger partial charge in [0.25, 0.3) is 5.91 Å². The minimum absolute atomic E-state index is 0.0220. The van der Waals surface area contributed by atoms with Crippen molar-refractivity contribution < 1.29 is 18.0 Å². The van der Waals surface area contributed by atoms with Crippen LogP contribution in [-0.4, -0.2) is 21.0 Å². The predicted octanol–water partition coefficient (Wildman–Crippen LogP) is 5.44. The van der Waals surface area contributed by atoms with Crippen molar-refractivity contribution in [2.75, 3.05) is 5.32 Å². The quantitative estimate of drug-likeness (QED) is 0.571. The third kappa shape index (κ3) is 5.30. The molecule has 2 aromatic carbocycles. The Labute approximate surface area is 162 Å². The summed E-state index contributed by atoms with van der Waals surface area (Å²) in [6.45, 7) is 0. The number of halogens is 3. The summed E-state index contributed by atoms with van der Waals surface area (Å²) in [6.07, 6.45) is 3.54. The maximum absolute atomic E-state index is 12.7. The summed E-state index contributed by atoms with van der Waals surface area (Å²) in [5.41, 5.74) is -3.98. The molecule has 140 valence electrons. The molecular formula is C18H14F3N3OS2. The number of thioether (sulfide) groups is 1. The van der Waals surface area contributed by atoms with Crippen molar-refractivity contribution in [3.63, 3.8) is 0 Å². The average Bonchev–Trinajstić information content (AvgIpc) is 3.00. The predicted molar refractivity (Wildman–Crippen MR) is 100 cm³/mol. The second kappa shape index (κ2) is 8.10. The minimum atomic E-state index is -4.46. The number of alkyl halides is 3. The highest BCUT2D eigenvalue weighted by atomic mass is 32.2. The zero-order valence-corrected chi connectivity index (χ0v) is 15.7. The molecule has 27 heavy (non-hydrogen) atoms. The number of hydrogen-bond acceptors (Lipinski definition) is 4. The van der Waals surface area contributed by atoms with Crippen molar-refractivity contribution in [3.8, 4) is 0 Å². The first-order valence-corrected chi connectivity index (χ1v) is 9.36. The number of aromatic nitrogens is 2. The van der Waals surface area contributed by atoms with Gasteiger partial charge in [-0.15, -0.1) is 0 Å². The SMILES string of the molecule is Cn1ccnc1Sc1ccc(NC(=O)c2ccccc2SC(F)(F)F)cc1. The number of anilines is 1. The van der Waals surface area contributed by atoms with Crippen LogP contribution in [0.2, 0.25) is 0 Å². The summed E-state index contributed by atoms with van der Waals surface area (Å²) < 4.78 is 39.9. The zero-order chi connectivity index (χ0) is 19.4. The van der Waals surface area contributed by atoms with Gasteiger partial charge in [-0.25, -0.2) is 4.98 Å². The monoisotopic (exact) mass is 409 g/mol. The fourth-order valence-electron chi connectivity index (χ4n) is 2.23. The largest absolute Gasteiger partial charge is 0.446 e. The highest BCUT2D eigenvalue weighted by molar-refractivity contribution is 8.00. The van der Waals surface area contributed by atoms with Crippen LogP contribution in [0.15, 0.2) is 75.9 Å². The first kappa shape index (κ1) is 19.4. The lowest BCUT2D eigenvalue weighted by Gasteiger charge is -2.11. The Morgan fingerprint density at radius 1 is 1.11 bits per heavy atom. The zero-order valence-electron chi connectivity index (χ0n) is 14.0. The van der Waals surface area contributed by atoms with Crippen LogP contribution in [0.25, 0.3) is 0 Å². The molecule has 0 fully saturated rings. The fourth-order valence-corrected chi connectivity index (χ4v) is 3.70. The van der Waals surface area contributed by atoms with E-state index < -0.39 is 11.4 Å². The lowest BCUT2D eigenvalue weighted by Crippen LogP contribution is -2.14. The summed E-state index contributed by atoms with van der Waals surface area (Å²) >= 11 is 1.16. The van der Waals surface area contributed by atoms with Gasteiger partial charge in [-0.05, 0) is 48.2 Å². The van der Waals surface area contributed by atoms with Crippen LogP contribution >= 0.6 is 23.5 Å². The fraction of sp³-hybridized carbons (Fsp3) is 0.111. The number of amides is 1. The summed E-state index contributed by atoms with van der Waals surface area (Å²) in [5, 5.41) is 3.46. The molecule has 0 radical (unpaired) electrons. The normalized spacial score (nSPS) is 11.4. The number of rotatable bonds is 5. The summed E-state index contributed by atoms with van der Waals surface area (Å²) in [7, 11) is 1.89. The molecule has 0 saturated carbocycles. The van der Waals surface area contributed by atoms with Crippen LogP contribution in [-0.2, 0) is 7.05 Å². The molecule has 1 heterocycles. The Kier molecular flexibility index (Phi) is 5.81. The molecule has 1 aromatic heterocycles. The molecule has 1 amide bonds. The van der Waals surface area contributed by atoms with E-state index in [1.54, 1.807) is 18.3 Å². The smallest absolute Gasteiger partial charge is 0.329 e. The second-order valence-electron chi connectivity index (χ2n) is 5.45. The second-order valence-corrected chi connectivity index (χ2v) is 7.59. The van der Waals surface area contributed by atoms with Gasteiger partial charge < -0.3 is 9.88 Å². The van der Waals surface area contributed by atoms with E-state index in [0.717, 1.165) is 10.1 Å². The lowest BCUT2D eigenvalue weighted by molar-refractivity contribution is -0.0328. The van der Waals surface area contributed by atoms with Crippen LogP contribution in [0.4, 0.5) is 18.9 Å². The minimum Gasteiger partial charge on any atom is -0.329 e. The van der Waals surface area contributed by atoms with E-state index in [1.807, 2.05) is 29.9 Å². The number of carbonyl (C=O) groups excluding carboxylic acids is 1. The van der Waals surface area contributed by atoms with Crippen molar-refractivity contribution in [2.45, 2.75) is 20.5 Å². The van der Waals surface area contributed by atoms with Crippen LogP contribution in [0.1, 0.15) is 10.4 Å². The molecule has 0 spiro atoms. The molecule has 0 aliphatic carbocycles. The first-order valence-electron chi connectivity index (χ1n) is 7.73. The van der Waals surface area contributed by atoms with Gasteiger partial charge in [-0.1, -0.05) is 23.9 Å². The molecule has 0 aliphatic rings. The number of carbonyl (C=O) groups is 1. The molecule has 0 bridgehead atoms. The molecule has 0 saturated heterocycles. The van der Waals surface area contributed by atoms with E-state index in [0.29, 0.717) is 5.69 Å². The van der Waals surface area contributed by atoms with Crippen molar-refractivity contribution in [1.82, 2.24) is 9.55 Å². The number of nitrogens with zero attached hydrogens (tertiary/aromatic N) is 2. The van der Waals surface area contributed by atoms with Gasteiger partial charge in [0.05, 0.1) is 5.56 Å². The third-order valence-electron chi connectivity index (χ3n) is 3.46.